The Labute approximate surface area is 134 Å². The molecule has 1 aliphatic rings. The molecule has 1 fully saturated rings. The molecule has 0 saturated heterocycles. The minimum atomic E-state index is -3.77. The van der Waals surface area contributed by atoms with E-state index >= 15 is 0 Å². The van der Waals surface area contributed by atoms with E-state index in [1.807, 2.05) is 0 Å². The van der Waals surface area contributed by atoms with Crippen molar-refractivity contribution in [3.8, 4) is 0 Å². The smallest absolute Gasteiger partial charge is 0.243 e. The molecule has 118 valence electrons. The third-order valence-corrected chi connectivity index (χ3v) is 6.14. The van der Waals surface area contributed by atoms with Crippen LogP contribution in [0.5, 0.6) is 0 Å². The summed E-state index contributed by atoms with van der Waals surface area (Å²) < 4.78 is 28.6. The van der Waals surface area contributed by atoms with Gasteiger partial charge < -0.3 is 10.8 Å². The zero-order chi connectivity index (χ0) is 15.7. The first kappa shape index (κ1) is 16.7. The third kappa shape index (κ3) is 3.77. The van der Waals surface area contributed by atoms with Gasteiger partial charge in [0, 0.05) is 4.47 Å². The van der Waals surface area contributed by atoms with Crippen LogP contribution >= 0.6 is 15.9 Å². The summed E-state index contributed by atoms with van der Waals surface area (Å²) in [6.45, 7) is 1.87. The predicted molar refractivity (Wildman–Crippen MR) is 86.3 cm³/mol. The Hall–Kier alpha value is -0.630. The Morgan fingerprint density at radius 3 is 2.86 bits per heavy atom. The van der Waals surface area contributed by atoms with Crippen LogP contribution in [0.2, 0.25) is 0 Å². The summed E-state index contributed by atoms with van der Waals surface area (Å²) >= 11 is 3.26. The molecule has 2 unspecified atom stereocenters. The molecule has 2 rings (SSSR count). The Balaban J connectivity index is 2.33. The van der Waals surface area contributed by atoms with E-state index in [1.165, 1.54) is 6.07 Å². The molecule has 21 heavy (non-hydrogen) atoms. The Kier molecular flexibility index (Phi) is 4.97. The Morgan fingerprint density at radius 1 is 1.52 bits per heavy atom. The number of nitrogen functional groups attached to an aromatic ring is 1. The van der Waals surface area contributed by atoms with Gasteiger partial charge in [-0.05, 0) is 37.0 Å². The van der Waals surface area contributed by atoms with Gasteiger partial charge in [0.05, 0.1) is 17.8 Å². The zero-order valence-electron chi connectivity index (χ0n) is 12.0. The Bertz CT molecular complexity index is 621. The van der Waals surface area contributed by atoms with Gasteiger partial charge >= 0.3 is 0 Å². The number of nitrogens with one attached hydrogen (secondary N) is 1. The number of benzene rings is 1. The van der Waals surface area contributed by atoms with E-state index in [4.69, 9.17) is 5.73 Å². The lowest BCUT2D eigenvalue weighted by Gasteiger charge is -2.39. The average molecular weight is 377 g/mol. The van der Waals surface area contributed by atoms with E-state index in [0.29, 0.717) is 23.2 Å². The van der Waals surface area contributed by atoms with Crippen LogP contribution in [0.15, 0.2) is 27.6 Å². The van der Waals surface area contributed by atoms with Gasteiger partial charge in [-0.15, -0.1) is 0 Å². The van der Waals surface area contributed by atoms with Crippen LogP contribution in [-0.4, -0.2) is 25.7 Å². The number of aliphatic hydroxyl groups excluding tert-OH is 1. The largest absolute Gasteiger partial charge is 0.398 e. The second-order valence-corrected chi connectivity index (χ2v) is 8.49. The van der Waals surface area contributed by atoms with Gasteiger partial charge in [-0.1, -0.05) is 35.7 Å². The molecular formula is C14H21BrN2O3S. The highest BCUT2D eigenvalue weighted by Crippen LogP contribution is 2.34. The van der Waals surface area contributed by atoms with Gasteiger partial charge in [0.1, 0.15) is 4.90 Å². The molecule has 1 aromatic carbocycles. The van der Waals surface area contributed by atoms with Gasteiger partial charge in [0.25, 0.3) is 0 Å². The number of sulfonamides is 1. The van der Waals surface area contributed by atoms with Crippen molar-refractivity contribution in [2.24, 2.45) is 5.92 Å². The molecular weight excluding hydrogens is 356 g/mol. The highest BCUT2D eigenvalue weighted by molar-refractivity contribution is 9.10. The molecule has 0 aliphatic heterocycles. The summed E-state index contributed by atoms with van der Waals surface area (Å²) in [6.07, 6.45) is 3.23. The summed E-state index contributed by atoms with van der Waals surface area (Å²) in [7, 11) is -3.77. The van der Waals surface area contributed by atoms with Crippen molar-refractivity contribution in [1.82, 2.24) is 4.72 Å². The summed E-state index contributed by atoms with van der Waals surface area (Å²) in [4.78, 5) is 0.0444. The molecule has 1 saturated carbocycles. The topological polar surface area (TPSA) is 92.4 Å². The third-order valence-electron chi connectivity index (χ3n) is 4.01. The number of aliphatic hydroxyl groups is 1. The quantitative estimate of drug-likeness (QED) is 0.702. The van der Waals surface area contributed by atoms with Crippen molar-refractivity contribution in [3.63, 3.8) is 0 Å². The lowest BCUT2D eigenvalue weighted by molar-refractivity contribution is 0.120. The molecule has 0 heterocycles. The van der Waals surface area contributed by atoms with Crippen molar-refractivity contribution >= 4 is 31.6 Å². The van der Waals surface area contributed by atoms with Crippen molar-refractivity contribution in [1.29, 1.82) is 0 Å². The summed E-state index contributed by atoms with van der Waals surface area (Å²) in [6, 6.07) is 4.72. The number of hydrogen-bond donors (Lipinski definition) is 3. The molecule has 1 aliphatic carbocycles. The summed E-state index contributed by atoms with van der Waals surface area (Å²) in [5, 5.41) is 9.73. The summed E-state index contributed by atoms with van der Waals surface area (Å²) in [5.41, 5.74) is 5.20. The fourth-order valence-electron chi connectivity index (χ4n) is 3.01. The number of nitrogens with two attached hydrogens (primary N) is 1. The van der Waals surface area contributed by atoms with E-state index in [9.17, 15) is 13.5 Å². The highest BCUT2D eigenvalue weighted by Gasteiger charge is 2.38. The van der Waals surface area contributed by atoms with Crippen molar-refractivity contribution in [2.45, 2.75) is 43.0 Å². The standard InChI is InChI=1S/C14H21BrN2O3S/c1-10-3-2-6-14(8-10,9-18)17-21(19,20)13-7-11(15)4-5-12(13)16/h4-5,7,10,17-18H,2-3,6,8-9,16H2,1H3. The molecule has 0 spiro atoms. The number of anilines is 1. The molecule has 7 heteroatoms. The minimum absolute atomic E-state index is 0.0444. The van der Waals surface area contributed by atoms with Crippen molar-refractivity contribution < 1.29 is 13.5 Å². The lowest BCUT2D eigenvalue weighted by Crippen LogP contribution is -2.53. The first-order valence-corrected chi connectivity index (χ1v) is 9.25. The van der Waals surface area contributed by atoms with Crippen LogP contribution in [-0.2, 0) is 10.0 Å². The normalized spacial score (nSPS) is 26.7. The maximum Gasteiger partial charge on any atom is 0.243 e. The molecule has 0 aromatic heterocycles. The second-order valence-electron chi connectivity index (χ2n) is 5.93. The van der Waals surface area contributed by atoms with Gasteiger partial charge in [0.15, 0.2) is 0 Å². The van der Waals surface area contributed by atoms with Gasteiger partial charge in [-0.2, -0.15) is 0 Å². The number of rotatable bonds is 4. The van der Waals surface area contributed by atoms with E-state index in [2.05, 4.69) is 27.6 Å². The fourth-order valence-corrected chi connectivity index (χ4v) is 5.11. The monoisotopic (exact) mass is 376 g/mol. The van der Waals surface area contributed by atoms with Crippen LogP contribution in [0.25, 0.3) is 0 Å². The maximum absolute atomic E-state index is 12.6. The molecule has 5 nitrogen and oxygen atoms in total. The highest BCUT2D eigenvalue weighted by atomic mass is 79.9. The van der Waals surface area contributed by atoms with E-state index in [1.54, 1.807) is 12.1 Å². The molecule has 0 bridgehead atoms. The minimum Gasteiger partial charge on any atom is -0.398 e. The van der Waals surface area contributed by atoms with Crippen LogP contribution < -0.4 is 10.5 Å². The first-order chi connectivity index (χ1) is 9.78. The molecule has 0 radical (unpaired) electrons. The van der Waals surface area contributed by atoms with Crippen molar-refractivity contribution in [2.75, 3.05) is 12.3 Å². The Morgan fingerprint density at radius 2 is 2.24 bits per heavy atom. The molecule has 1 aromatic rings. The van der Waals surface area contributed by atoms with Gasteiger partial charge in [-0.25, -0.2) is 13.1 Å². The van der Waals surface area contributed by atoms with Crippen LogP contribution in [0.3, 0.4) is 0 Å². The molecule has 4 N–H and O–H groups in total. The molecule has 0 amide bonds. The predicted octanol–water partition coefficient (Wildman–Crippen LogP) is 2.25. The van der Waals surface area contributed by atoms with E-state index in [-0.39, 0.29) is 17.2 Å². The number of hydrogen-bond acceptors (Lipinski definition) is 4. The van der Waals surface area contributed by atoms with Gasteiger partial charge in [0.2, 0.25) is 10.0 Å². The zero-order valence-corrected chi connectivity index (χ0v) is 14.4. The van der Waals surface area contributed by atoms with Gasteiger partial charge in [-0.3, -0.25) is 0 Å². The van der Waals surface area contributed by atoms with E-state index in [0.717, 1.165) is 12.8 Å². The maximum atomic E-state index is 12.6. The second kappa shape index (κ2) is 6.24. The molecule has 2 atom stereocenters. The lowest BCUT2D eigenvalue weighted by atomic mass is 9.78. The number of halogens is 1. The fraction of sp³-hybridized carbons (Fsp3) is 0.571. The average Bonchev–Trinajstić information content (AvgIpc) is 2.41. The first-order valence-electron chi connectivity index (χ1n) is 6.98. The van der Waals surface area contributed by atoms with Crippen LogP contribution in [0.4, 0.5) is 5.69 Å². The van der Waals surface area contributed by atoms with Crippen LogP contribution in [0.1, 0.15) is 32.6 Å². The van der Waals surface area contributed by atoms with Crippen molar-refractivity contribution in [3.05, 3.63) is 22.7 Å². The SMILES string of the molecule is CC1CCCC(CO)(NS(=O)(=O)c2cc(Br)ccc2N)C1. The van der Waals surface area contributed by atoms with Crippen LogP contribution in [0, 0.1) is 5.92 Å². The summed E-state index contributed by atoms with van der Waals surface area (Å²) in [5.74, 6) is 0.383. The van der Waals surface area contributed by atoms with E-state index < -0.39 is 15.6 Å².